The van der Waals surface area contributed by atoms with Gasteiger partial charge < -0.3 is 5.11 Å². The van der Waals surface area contributed by atoms with E-state index < -0.39 is 0 Å². The Morgan fingerprint density at radius 1 is 0.960 bits per heavy atom. The van der Waals surface area contributed by atoms with Crippen LogP contribution in [0, 0.1) is 0 Å². The van der Waals surface area contributed by atoms with Gasteiger partial charge in [0.15, 0.2) is 0 Å². The molecule has 1 aromatic carbocycles. The molecular weight excluding hydrogens is 416 g/mol. The third-order valence-electron chi connectivity index (χ3n) is 4.05. The molecule has 140 valence electrons. The second-order valence-corrected chi connectivity index (χ2v) is 7.92. The van der Waals surface area contributed by atoms with Crippen molar-refractivity contribution in [3.8, 4) is 0 Å². The average molecular weight is 447 g/mol. The first kappa shape index (κ1) is 24.4. The van der Waals surface area contributed by atoms with E-state index in [1.165, 1.54) is 44.9 Å². The summed E-state index contributed by atoms with van der Waals surface area (Å²) in [4.78, 5) is 0.662. The van der Waals surface area contributed by atoms with Gasteiger partial charge in [-0.3, -0.25) is 0 Å². The Morgan fingerprint density at radius 2 is 1.48 bits per heavy atom. The molecule has 25 heavy (non-hydrogen) atoms. The fourth-order valence-corrected chi connectivity index (χ4v) is 2.94. The first-order chi connectivity index (χ1) is 11.7. The molecule has 1 aromatic rings. The van der Waals surface area contributed by atoms with Crippen LogP contribution in [0.4, 0.5) is 0 Å². The Balaban J connectivity index is 0.000000820. The van der Waals surface area contributed by atoms with Crippen LogP contribution in [-0.2, 0) is 17.1 Å². The second kappa shape index (κ2) is 16.8. The van der Waals surface area contributed by atoms with E-state index >= 15 is 0 Å². The molecule has 0 fully saturated rings. The van der Waals surface area contributed by atoms with Gasteiger partial charge >= 0.3 is 17.1 Å². The van der Waals surface area contributed by atoms with Gasteiger partial charge in [-0.25, -0.2) is 12.1 Å². The molecule has 0 spiro atoms. The van der Waals surface area contributed by atoms with Gasteiger partial charge in [-0.1, -0.05) is 92.1 Å². The van der Waals surface area contributed by atoms with Crippen molar-refractivity contribution in [3.05, 3.63) is 66.0 Å². The Morgan fingerprint density at radius 3 is 1.96 bits per heavy atom. The SMILES string of the molecule is CC(Br)CCCCCCCCCC([O-])=C1C=CC=C1.[Fe+2].c1cc[cH-]c1. The number of hydrogen-bond acceptors (Lipinski definition) is 1. The fraction of sp³-hybridized carbons (Fsp3) is 0.500. The molecule has 1 aliphatic carbocycles. The van der Waals surface area contributed by atoms with E-state index in [0.29, 0.717) is 17.0 Å². The zero-order chi connectivity index (χ0) is 17.5. The molecule has 2 rings (SSSR count). The van der Waals surface area contributed by atoms with Gasteiger partial charge in [0.2, 0.25) is 0 Å². The van der Waals surface area contributed by atoms with E-state index in [0.717, 1.165) is 12.0 Å². The van der Waals surface area contributed by atoms with Crippen LogP contribution in [-0.4, -0.2) is 4.83 Å². The molecule has 1 unspecified atom stereocenters. The predicted octanol–water partition coefficient (Wildman–Crippen LogP) is 6.42. The molecule has 0 bridgehead atoms. The molecule has 1 aliphatic rings. The normalized spacial score (nSPS) is 13.1. The molecule has 0 N–H and O–H groups in total. The van der Waals surface area contributed by atoms with E-state index in [1.807, 2.05) is 54.6 Å². The third kappa shape index (κ3) is 14.2. The summed E-state index contributed by atoms with van der Waals surface area (Å²) in [6, 6.07) is 10.0. The van der Waals surface area contributed by atoms with Crippen LogP contribution in [0.3, 0.4) is 0 Å². The summed E-state index contributed by atoms with van der Waals surface area (Å²) in [5, 5.41) is 11.7. The zero-order valence-electron chi connectivity index (χ0n) is 15.3. The standard InChI is InChI=1S/C17H27BrO.C5H5.Fe/c1-15(18)11-7-5-3-2-4-6-8-14-17(19)16-12-9-10-13-16;1-2-4-5-3-1;/h9-10,12-13,15,19H,2-8,11,14H2,1H3;1-5H;/q;-1;+2/p-1. The van der Waals surface area contributed by atoms with Crippen molar-refractivity contribution in [3.63, 3.8) is 0 Å². The topological polar surface area (TPSA) is 23.1 Å². The zero-order valence-corrected chi connectivity index (χ0v) is 18.0. The van der Waals surface area contributed by atoms with Crippen LogP contribution in [0.25, 0.3) is 0 Å². The minimum Gasteiger partial charge on any atom is -0.875 e. The number of rotatable bonds is 10. The van der Waals surface area contributed by atoms with E-state index in [1.54, 1.807) is 0 Å². The number of allylic oxidation sites excluding steroid dienone is 6. The van der Waals surface area contributed by atoms with Crippen LogP contribution < -0.4 is 5.11 Å². The average Bonchev–Trinajstić information content (AvgIpc) is 3.27. The summed E-state index contributed by atoms with van der Waals surface area (Å²) in [6.07, 6.45) is 18.5. The van der Waals surface area contributed by atoms with Crippen molar-refractivity contribution in [2.24, 2.45) is 0 Å². The molecule has 0 amide bonds. The molecule has 1 atom stereocenters. The Hall–Kier alpha value is -0.631. The van der Waals surface area contributed by atoms with Crippen LogP contribution in [0.1, 0.15) is 64.7 Å². The van der Waals surface area contributed by atoms with Crippen molar-refractivity contribution in [2.45, 2.75) is 69.5 Å². The summed E-state index contributed by atoms with van der Waals surface area (Å²) in [5.41, 5.74) is 0.879. The number of unbranched alkanes of at least 4 members (excludes halogenated alkanes) is 6. The number of halogens is 1. The van der Waals surface area contributed by atoms with Crippen molar-refractivity contribution in [2.75, 3.05) is 0 Å². The number of hydrogen-bond donors (Lipinski definition) is 0. The van der Waals surface area contributed by atoms with Crippen LogP contribution in [0.5, 0.6) is 0 Å². The monoisotopic (exact) mass is 446 g/mol. The molecular formula is C22H31BrFeO. The molecule has 0 aliphatic heterocycles. The summed E-state index contributed by atoms with van der Waals surface area (Å²) in [7, 11) is 0. The Bertz CT molecular complexity index is 455. The van der Waals surface area contributed by atoms with E-state index in [-0.39, 0.29) is 17.1 Å². The van der Waals surface area contributed by atoms with Gasteiger partial charge in [0, 0.05) is 4.83 Å². The van der Waals surface area contributed by atoms with Crippen LogP contribution in [0.15, 0.2) is 66.0 Å². The molecule has 0 saturated carbocycles. The second-order valence-electron chi connectivity index (χ2n) is 6.35. The smallest absolute Gasteiger partial charge is 0.875 e. The molecule has 0 saturated heterocycles. The summed E-state index contributed by atoms with van der Waals surface area (Å²) in [5.74, 6) is 0.302. The molecule has 1 nitrogen and oxygen atoms in total. The number of alkyl halides is 1. The fourth-order valence-electron chi connectivity index (χ4n) is 2.62. The van der Waals surface area contributed by atoms with Crippen molar-refractivity contribution in [1.29, 1.82) is 0 Å². The summed E-state index contributed by atoms with van der Waals surface area (Å²) >= 11 is 3.58. The van der Waals surface area contributed by atoms with Gasteiger partial charge in [0.25, 0.3) is 0 Å². The van der Waals surface area contributed by atoms with E-state index in [9.17, 15) is 5.11 Å². The van der Waals surface area contributed by atoms with Crippen LogP contribution >= 0.6 is 15.9 Å². The van der Waals surface area contributed by atoms with E-state index in [2.05, 4.69) is 22.9 Å². The Kier molecular flexibility index (Phi) is 16.4. The predicted molar refractivity (Wildman–Crippen MR) is 107 cm³/mol. The van der Waals surface area contributed by atoms with Gasteiger partial charge in [-0.2, -0.15) is 18.2 Å². The van der Waals surface area contributed by atoms with Gasteiger partial charge in [0.05, 0.1) is 0 Å². The molecule has 0 heterocycles. The molecule has 3 heteroatoms. The first-order valence-corrected chi connectivity index (χ1v) is 10.2. The maximum atomic E-state index is 11.7. The minimum absolute atomic E-state index is 0. The van der Waals surface area contributed by atoms with Crippen molar-refractivity contribution in [1.82, 2.24) is 0 Å². The third-order valence-corrected chi connectivity index (χ3v) is 4.50. The van der Waals surface area contributed by atoms with Crippen molar-refractivity contribution >= 4 is 15.9 Å². The quantitative estimate of drug-likeness (QED) is 0.133. The summed E-state index contributed by atoms with van der Waals surface area (Å²) in [6.45, 7) is 2.21. The maximum Gasteiger partial charge on any atom is 2.00 e. The summed E-state index contributed by atoms with van der Waals surface area (Å²) < 4.78 is 0. The first-order valence-electron chi connectivity index (χ1n) is 9.26. The van der Waals surface area contributed by atoms with E-state index in [4.69, 9.17) is 0 Å². The van der Waals surface area contributed by atoms with Gasteiger partial charge in [-0.05, 0) is 18.4 Å². The van der Waals surface area contributed by atoms with Crippen molar-refractivity contribution < 1.29 is 22.2 Å². The molecule has 0 radical (unpaired) electrons. The molecule has 0 aromatic heterocycles. The van der Waals surface area contributed by atoms with Gasteiger partial charge in [-0.15, -0.1) is 5.76 Å². The largest absolute Gasteiger partial charge is 2.00 e. The Labute approximate surface area is 173 Å². The maximum absolute atomic E-state index is 11.7. The van der Waals surface area contributed by atoms with Crippen LogP contribution in [0.2, 0.25) is 0 Å². The van der Waals surface area contributed by atoms with Gasteiger partial charge in [0.1, 0.15) is 0 Å². The minimum atomic E-state index is 0.